The topological polar surface area (TPSA) is 71.5 Å². The Hall–Kier alpha value is -2.40. The van der Waals surface area contributed by atoms with E-state index in [1.54, 1.807) is 6.20 Å². The zero-order chi connectivity index (χ0) is 17.8. The van der Waals surface area contributed by atoms with Crippen LogP contribution in [0.3, 0.4) is 0 Å². The minimum absolute atomic E-state index is 0.0406. The number of carbonyl (C=O) groups is 1. The van der Waals surface area contributed by atoms with Crippen LogP contribution < -0.4 is 10.1 Å². The van der Waals surface area contributed by atoms with E-state index < -0.39 is 0 Å². The van der Waals surface area contributed by atoms with Crippen LogP contribution in [-0.4, -0.2) is 28.7 Å². The number of hydrogen-bond acceptors (Lipinski definition) is 4. The Balaban J connectivity index is 1.61. The Kier molecular flexibility index (Phi) is 5.34. The van der Waals surface area contributed by atoms with E-state index in [4.69, 9.17) is 4.74 Å². The fraction of sp³-hybridized carbons (Fsp3) is 0.400. The van der Waals surface area contributed by atoms with Gasteiger partial charge in [0.1, 0.15) is 5.75 Å². The molecule has 132 valence electrons. The fourth-order valence-electron chi connectivity index (χ4n) is 3.06. The van der Waals surface area contributed by atoms with E-state index in [0.717, 1.165) is 11.3 Å². The van der Waals surface area contributed by atoms with Crippen molar-refractivity contribution in [3.05, 3.63) is 59.4 Å². The molecule has 1 aliphatic carbocycles. The quantitative estimate of drug-likeness (QED) is 0.848. The van der Waals surface area contributed by atoms with Crippen LogP contribution in [0.1, 0.15) is 35.7 Å². The number of nitrogens with zero attached hydrogens (tertiary/aromatic N) is 1. The molecule has 1 atom stereocenters. The molecule has 3 rings (SSSR count). The third-order valence-corrected chi connectivity index (χ3v) is 4.79. The maximum absolute atomic E-state index is 12.4. The maximum atomic E-state index is 12.4. The van der Waals surface area contributed by atoms with Crippen molar-refractivity contribution < 1.29 is 14.6 Å². The smallest absolute Gasteiger partial charge is 0.258 e. The largest absolute Gasteiger partial charge is 0.484 e. The van der Waals surface area contributed by atoms with E-state index in [2.05, 4.69) is 10.3 Å². The molecular weight excluding hydrogens is 316 g/mol. The van der Waals surface area contributed by atoms with Gasteiger partial charge in [0.15, 0.2) is 6.61 Å². The molecule has 2 aromatic rings. The van der Waals surface area contributed by atoms with E-state index in [9.17, 15) is 9.90 Å². The summed E-state index contributed by atoms with van der Waals surface area (Å²) in [7, 11) is 0. The second-order valence-electron chi connectivity index (χ2n) is 6.72. The lowest BCUT2D eigenvalue weighted by Crippen LogP contribution is -2.43. The monoisotopic (exact) mass is 340 g/mol. The van der Waals surface area contributed by atoms with Gasteiger partial charge in [-0.15, -0.1) is 0 Å². The zero-order valence-corrected chi connectivity index (χ0v) is 14.6. The Morgan fingerprint density at radius 2 is 2.08 bits per heavy atom. The van der Waals surface area contributed by atoms with Crippen molar-refractivity contribution in [2.24, 2.45) is 5.92 Å². The normalized spacial score (nSPS) is 20.4. The molecule has 2 N–H and O–H groups in total. The molecule has 1 saturated carbocycles. The summed E-state index contributed by atoms with van der Waals surface area (Å²) in [5, 5.41) is 12.6. The van der Waals surface area contributed by atoms with E-state index in [1.807, 2.05) is 50.2 Å². The van der Waals surface area contributed by atoms with Crippen LogP contribution in [0.25, 0.3) is 0 Å². The molecule has 5 heteroatoms. The highest BCUT2D eigenvalue weighted by Gasteiger charge is 2.36. The lowest BCUT2D eigenvalue weighted by atomic mass is 9.76. The van der Waals surface area contributed by atoms with Gasteiger partial charge in [0.2, 0.25) is 0 Å². The molecule has 1 heterocycles. The van der Waals surface area contributed by atoms with Gasteiger partial charge in [0.05, 0.1) is 17.8 Å². The molecule has 0 bridgehead atoms. The molecule has 0 aliphatic heterocycles. The second-order valence-corrected chi connectivity index (χ2v) is 6.72. The number of hydrogen-bond donors (Lipinski definition) is 2. The third-order valence-electron chi connectivity index (χ3n) is 4.79. The van der Waals surface area contributed by atoms with Crippen molar-refractivity contribution >= 4 is 5.91 Å². The summed E-state index contributed by atoms with van der Waals surface area (Å²) in [5.41, 5.74) is 3.14. The number of aliphatic hydroxyl groups is 1. The first-order valence-corrected chi connectivity index (χ1v) is 8.61. The van der Waals surface area contributed by atoms with Gasteiger partial charge >= 0.3 is 0 Å². The molecule has 1 aromatic carbocycles. The highest BCUT2D eigenvalue weighted by atomic mass is 16.5. The minimum Gasteiger partial charge on any atom is -0.484 e. The Morgan fingerprint density at radius 1 is 1.28 bits per heavy atom. The van der Waals surface area contributed by atoms with Crippen LogP contribution in [0, 0.1) is 19.8 Å². The van der Waals surface area contributed by atoms with Crippen molar-refractivity contribution in [3.63, 3.8) is 0 Å². The molecule has 1 aliphatic rings. The summed E-state index contributed by atoms with van der Waals surface area (Å²) >= 11 is 0. The lowest BCUT2D eigenvalue weighted by molar-refractivity contribution is -0.125. The van der Waals surface area contributed by atoms with E-state index in [1.165, 1.54) is 5.56 Å². The SMILES string of the molecule is Cc1ccc(OCC(=O)N[C@H](c2ccccn2)C2CC(O)C2)cc1C. The first kappa shape index (κ1) is 17.4. The molecule has 0 radical (unpaired) electrons. The van der Waals surface area contributed by atoms with Crippen molar-refractivity contribution in [2.45, 2.75) is 38.8 Å². The van der Waals surface area contributed by atoms with E-state index in [0.29, 0.717) is 18.6 Å². The lowest BCUT2D eigenvalue weighted by Gasteiger charge is -2.37. The van der Waals surface area contributed by atoms with Gasteiger partial charge in [-0.1, -0.05) is 12.1 Å². The van der Waals surface area contributed by atoms with Gasteiger partial charge in [-0.25, -0.2) is 0 Å². The van der Waals surface area contributed by atoms with Crippen LogP contribution in [0.5, 0.6) is 5.75 Å². The minimum atomic E-state index is -0.278. The number of carbonyl (C=O) groups excluding carboxylic acids is 1. The van der Waals surface area contributed by atoms with Gasteiger partial charge in [0.25, 0.3) is 5.91 Å². The van der Waals surface area contributed by atoms with Crippen LogP contribution >= 0.6 is 0 Å². The van der Waals surface area contributed by atoms with Gasteiger partial charge < -0.3 is 15.2 Å². The van der Waals surface area contributed by atoms with Crippen molar-refractivity contribution in [3.8, 4) is 5.75 Å². The number of rotatable bonds is 6. The molecule has 0 spiro atoms. The van der Waals surface area contributed by atoms with Crippen LogP contribution in [0.4, 0.5) is 0 Å². The summed E-state index contributed by atoms with van der Waals surface area (Å²) in [5.74, 6) is 0.706. The Bertz CT molecular complexity index is 727. The number of pyridine rings is 1. The van der Waals surface area contributed by atoms with Crippen molar-refractivity contribution in [2.75, 3.05) is 6.61 Å². The summed E-state index contributed by atoms with van der Waals surface area (Å²) in [4.78, 5) is 16.7. The molecule has 0 unspecified atom stereocenters. The number of amides is 1. The highest BCUT2D eigenvalue weighted by Crippen LogP contribution is 2.37. The first-order valence-electron chi connectivity index (χ1n) is 8.61. The fourth-order valence-corrected chi connectivity index (χ4v) is 3.06. The number of aliphatic hydroxyl groups excluding tert-OH is 1. The summed E-state index contributed by atoms with van der Waals surface area (Å²) in [6.07, 6.45) is 2.80. The summed E-state index contributed by atoms with van der Waals surface area (Å²) in [6, 6.07) is 11.2. The molecule has 0 saturated heterocycles. The number of benzene rings is 1. The first-order chi connectivity index (χ1) is 12.0. The summed E-state index contributed by atoms with van der Waals surface area (Å²) < 4.78 is 5.61. The van der Waals surface area contributed by atoms with E-state index >= 15 is 0 Å². The molecule has 1 amide bonds. The summed E-state index contributed by atoms with van der Waals surface area (Å²) in [6.45, 7) is 4.01. The number of aromatic nitrogens is 1. The Morgan fingerprint density at radius 3 is 2.72 bits per heavy atom. The average molecular weight is 340 g/mol. The number of aryl methyl sites for hydroxylation is 2. The standard InChI is InChI=1S/C20H24N2O3/c1-13-6-7-17(9-14(13)2)25-12-19(24)22-20(15-10-16(23)11-15)18-5-3-4-8-21-18/h3-9,15-16,20,23H,10-12H2,1-2H3,(H,22,24)/t15?,16?,20-/m0/s1. The molecule has 1 fully saturated rings. The van der Waals surface area contributed by atoms with Crippen molar-refractivity contribution in [1.82, 2.24) is 10.3 Å². The van der Waals surface area contributed by atoms with Crippen molar-refractivity contribution in [1.29, 1.82) is 0 Å². The molecular formula is C20H24N2O3. The Labute approximate surface area is 148 Å². The molecule has 5 nitrogen and oxygen atoms in total. The number of nitrogens with one attached hydrogen (secondary N) is 1. The van der Waals surface area contributed by atoms with Crippen LogP contribution in [-0.2, 0) is 4.79 Å². The van der Waals surface area contributed by atoms with Crippen LogP contribution in [0.2, 0.25) is 0 Å². The second kappa shape index (κ2) is 7.66. The van der Waals surface area contributed by atoms with E-state index in [-0.39, 0.29) is 30.6 Å². The van der Waals surface area contributed by atoms with Crippen LogP contribution in [0.15, 0.2) is 42.6 Å². The third kappa shape index (κ3) is 4.37. The molecule has 1 aromatic heterocycles. The average Bonchev–Trinajstić information content (AvgIpc) is 2.59. The van der Waals surface area contributed by atoms with Gasteiger partial charge in [0, 0.05) is 6.20 Å². The zero-order valence-electron chi connectivity index (χ0n) is 14.6. The van der Waals surface area contributed by atoms with Gasteiger partial charge in [-0.2, -0.15) is 0 Å². The maximum Gasteiger partial charge on any atom is 0.258 e. The molecule has 25 heavy (non-hydrogen) atoms. The highest BCUT2D eigenvalue weighted by molar-refractivity contribution is 5.78. The van der Waals surface area contributed by atoms with Gasteiger partial charge in [-0.3, -0.25) is 9.78 Å². The van der Waals surface area contributed by atoms with Gasteiger partial charge in [-0.05, 0) is 68.0 Å². The predicted octanol–water partition coefficient (Wildman–Crippen LogP) is 2.71. The predicted molar refractivity (Wildman–Crippen MR) is 95.3 cm³/mol. The number of ether oxygens (including phenoxy) is 1.